The van der Waals surface area contributed by atoms with Crippen LogP contribution in [0.3, 0.4) is 0 Å². The van der Waals surface area contributed by atoms with Crippen molar-refractivity contribution in [3.8, 4) is 0 Å². The van der Waals surface area contributed by atoms with E-state index in [0.29, 0.717) is 0 Å². The van der Waals surface area contributed by atoms with Gasteiger partial charge in [0.05, 0.1) is 6.54 Å². The highest BCUT2D eigenvalue weighted by Gasteiger charge is 2.05. The highest BCUT2D eigenvalue weighted by molar-refractivity contribution is 5.86. The van der Waals surface area contributed by atoms with Crippen molar-refractivity contribution < 1.29 is 25.2 Å². The summed E-state index contributed by atoms with van der Waals surface area (Å²) in [6.07, 6.45) is 0. The Morgan fingerprint density at radius 1 is 1.08 bits per heavy atom. The minimum Gasteiger partial charge on any atom is -0.480 e. The number of carboxylic acid groups (broad SMARTS) is 1. The number of hydrogen-bond acceptors (Lipinski definition) is 3. The quantitative estimate of drug-likeness (QED) is 0.360. The SMILES string of the molecule is [NH3+]CC(=O)NCC(=O)NCC(=O)O. The van der Waals surface area contributed by atoms with E-state index in [-0.39, 0.29) is 19.0 Å². The van der Waals surface area contributed by atoms with Crippen molar-refractivity contribution in [1.82, 2.24) is 10.6 Å². The summed E-state index contributed by atoms with van der Waals surface area (Å²) < 4.78 is 0. The first-order chi connectivity index (χ1) is 6.06. The molecule has 0 radical (unpaired) electrons. The molecule has 0 aliphatic carbocycles. The van der Waals surface area contributed by atoms with Crippen LogP contribution in [0.5, 0.6) is 0 Å². The van der Waals surface area contributed by atoms with Gasteiger partial charge in [0.1, 0.15) is 6.54 Å². The number of hydrogen-bond donors (Lipinski definition) is 4. The molecule has 0 aromatic rings. The molecule has 0 aromatic carbocycles. The molecule has 0 heterocycles. The van der Waals surface area contributed by atoms with Gasteiger partial charge in [-0.25, -0.2) is 0 Å². The summed E-state index contributed by atoms with van der Waals surface area (Å²) in [6, 6.07) is 0. The van der Waals surface area contributed by atoms with Crippen molar-refractivity contribution in [1.29, 1.82) is 0 Å². The van der Waals surface area contributed by atoms with Crippen molar-refractivity contribution in [2.45, 2.75) is 0 Å². The number of carbonyl (C=O) groups is 3. The standard InChI is InChI=1S/C6H11N3O4/c7-1-4(10)8-2-5(11)9-3-6(12)13/h1-3,7H2,(H,8,10)(H,9,11)(H,12,13)/p+1. The first-order valence-corrected chi connectivity index (χ1v) is 3.60. The molecule has 0 rings (SSSR count). The van der Waals surface area contributed by atoms with E-state index in [1.54, 1.807) is 0 Å². The fourth-order valence-corrected chi connectivity index (χ4v) is 0.504. The molecule has 0 saturated heterocycles. The monoisotopic (exact) mass is 190 g/mol. The highest BCUT2D eigenvalue weighted by Crippen LogP contribution is 1.66. The molecule has 6 N–H and O–H groups in total. The van der Waals surface area contributed by atoms with Gasteiger partial charge in [-0.2, -0.15) is 0 Å². The fraction of sp³-hybridized carbons (Fsp3) is 0.500. The van der Waals surface area contributed by atoms with Crippen molar-refractivity contribution >= 4 is 17.8 Å². The van der Waals surface area contributed by atoms with E-state index >= 15 is 0 Å². The van der Waals surface area contributed by atoms with Gasteiger partial charge in [0, 0.05) is 0 Å². The normalized spacial score (nSPS) is 9.00. The Kier molecular flexibility index (Phi) is 5.20. The molecule has 0 fully saturated rings. The third-order valence-electron chi connectivity index (χ3n) is 1.11. The topological polar surface area (TPSA) is 123 Å². The number of amides is 2. The second-order valence-electron chi connectivity index (χ2n) is 2.20. The lowest BCUT2D eigenvalue weighted by Gasteiger charge is -2.02. The van der Waals surface area contributed by atoms with Crippen LogP contribution in [0.1, 0.15) is 0 Å². The van der Waals surface area contributed by atoms with Gasteiger partial charge >= 0.3 is 5.97 Å². The Balaban J connectivity index is 3.52. The van der Waals surface area contributed by atoms with Crippen molar-refractivity contribution in [3.05, 3.63) is 0 Å². The van der Waals surface area contributed by atoms with Crippen molar-refractivity contribution in [2.24, 2.45) is 0 Å². The van der Waals surface area contributed by atoms with Crippen LogP contribution in [0.15, 0.2) is 0 Å². The van der Waals surface area contributed by atoms with Gasteiger partial charge < -0.3 is 21.5 Å². The molecular weight excluding hydrogens is 178 g/mol. The molecule has 0 bridgehead atoms. The van der Waals surface area contributed by atoms with Gasteiger partial charge in [-0.3, -0.25) is 14.4 Å². The maximum absolute atomic E-state index is 10.8. The van der Waals surface area contributed by atoms with Gasteiger partial charge in [0.15, 0.2) is 6.54 Å². The Morgan fingerprint density at radius 3 is 2.08 bits per heavy atom. The maximum Gasteiger partial charge on any atom is 0.322 e. The average molecular weight is 190 g/mol. The Hall–Kier alpha value is -1.63. The molecule has 0 atom stereocenters. The van der Waals surface area contributed by atoms with Gasteiger partial charge in [0.25, 0.3) is 5.91 Å². The zero-order valence-electron chi connectivity index (χ0n) is 7.00. The Bertz CT molecular complexity index is 216. The number of carboxylic acids is 1. The van der Waals surface area contributed by atoms with E-state index in [1.165, 1.54) is 0 Å². The molecule has 7 heteroatoms. The largest absolute Gasteiger partial charge is 0.480 e. The van der Waals surface area contributed by atoms with Crippen LogP contribution in [-0.4, -0.2) is 42.5 Å². The number of rotatable bonds is 5. The van der Waals surface area contributed by atoms with E-state index < -0.39 is 18.4 Å². The summed E-state index contributed by atoms with van der Waals surface area (Å²) in [4.78, 5) is 31.3. The summed E-state index contributed by atoms with van der Waals surface area (Å²) in [7, 11) is 0. The van der Waals surface area contributed by atoms with Crippen molar-refractivity contribution in [2.75, 3.05) is 19.6 Å². The van der Waals surface area contributed by atoms with Crippen LogP contribution < -0.4 is 16.4 Å². The van der Waals surface area contributed by atoms with E-state index in [1.807, 2.05) is 0 Å². The third-order valence-corrected chi connectivity index (χ3v) is 1.11. The van der Waals surface area contributed by atoms with Crippen LogP contribution in [0.25, 0.3) is 0 Å². The minimum atomic E-state index is -1.13. The number of quaternary nitrogens is 1. The fourth-order valence-electron chi connectivity index (χ4n) is 0.504. The second kappa shape index (κ2) is 5.95. The molecule has 0 aliphatic rings. The zero-order chi connectivity index (χ0) is 10.3. The Morgan fingerprint density at radius 2 is 1.62 bits per heavy atom. The van der Waals surface area contributed by atoms with E-state index in [2.05, 4.69) is 16.4 Å². The lowest BCUT2D eigenvalue weighted by atomic mass is 10.5. The first kappa shape index (κ1) is 11.4. The zero-order valence-corrected chi connectivity index (χ0v) is 7.00. The molecule has 7 nitrogen and oxygen atoms in total. The van der Waals surface area contributed by atoms with E-state index in [9.17, 15) is 14.4 Å². The predicted octanol–water partition coefficient (Wildman–Crippen LogP) is -3.45. The van der Waals surface area contributed by atoms with Crippen LogP contribution in [-0.2, 0) is 14.4 Å². The third kappa shape index (κ3) is 6.76. The van der Waals surface area contributed by atoms with Gasteiger partial charge in [-0.05, 0) is 0 Å². The molecule has 0 saturated carbocycles. The lowest BCUT2D eigenvalue weighted by molar-refractivity contribution is -0.355. The molecule has 74 valence electrons. The molecule has 0 aromatic heterocycles. The maximum atomic E-state index is 10.8. The average Bonchev–Trinajstić information content (AvgIpc) is 2.10. The number of nitrogens with one attached hydrogen (secondary N) is 2. The lowest BCUT2D eigenvalue weighted by Crippen LogP contribution is -2.58. The van der Waals surface area contributed by atoms with Crippen molar-refractivity contribution in [3.63, 3.8) is 0 Å². The first-order valence-electron chi connectivity index (χ1n) is 3.60. The molecule has 0 spiro atoms. The summed E-state index contributed by atoms with van der Waals surface area (Å²) in [5, 5.41) is 12.5. The summed E-state index contributed by atoms with van der Waals surface area (Å²) in [6.45, 7) is -0.618. The van der Waals surface area contributed by atoms with Gasteiger partial charge in [-0.15, -0.1) is 0 Å². The number of aliphatic carboxylic acids is 1. The number of carbonyl (C=O) groups excluding carboxylic acids is 2. The second-order valence-corrected chi connectivity index (χ2v) is 2.20. The highest BCUT2D eigenvalue weighted by atomic mass is 16.4. The van der Waals surface area contributed by atoms with Gasteiger partial charge in [-0.1, -0.05) is 0 Å². The molecule has 0 unspecified atom stereocenters. The smallest absolute Gasteiger partial charge is 0.322 e. The summed E-state index contributed by atoms with van der Waals surface area (Å²) in [5.74, 6) is -2.02. The molecule has 2 amide bonds. The van der Waals surface area contributed by atoms with Gasteiger partial charge in [0.2, 0.25) is 5.91 Å². The Labute approximate surface area is 74.3 Å². The van der Waals surface area contributed by atoms with Crippen LogP contribution in [0.2, 0.25) is 0 Å². The minimum absolute atomic E-state index is 0.0478. The van der Waals surface area contributed by atoms with E-state index in [0.717, 1.165) is 0 Å². The summed E-state index contributed by atoms with van der Waals surface area (Å²) in [5.41, 5.74) is 3.30. The van der Waals surface area contributed by atoms with Crippen LogP contribution in [0, 0.1) is 0 Å². The molecule has 13 heavy (non-hydrogen) atoms. The molecular formula is C6H12N3O4+. The van der Waals surface area contributed by atoms with E-state index in [4.69, 9.17) is 5.11 Å². The van der Waals surface area contributed by atoms with Crippen LogP contribution in [0.4, 0.5) is 0 Å². The molecule has 0 aliphatic heterocycles. The predicted molar refractivity (Wildman–Crippen MR) is 41.4 cm³/mol. The van der Waals surface area contributed by atoms with Crippen LogP contribution >= 0.6 is 0 Å². The summed E-state index contributed by atoms with van der Waals surface area (Å²) >= 11 is 0.